The second kappa shape index (κ2) is 10.7. The molecule has 33 heavy (non-hydrogen) atoms. The third kappa shape index (κ3) is 5.86. The minimum atomic E-state index is -0.277. The molecule has 0 bridgehead atoms. The van der Waals surface area contributed by atoms with Gasteiger partial charge in [-0.25, -0.2) is 4.79 Å². The summed E-state index contributed by atoms with van der Waals surface area (Å²) in [5.74, 6) is 1.17. The fourth-order valence-corrected chi connectivity index (χ4v) is 4.48. The normalized spacial score (nSPS) is 17.1. The van der Waals surface area contributed by atoms with Gasteiger partial charge in [0.25, 0.3) is 0 Å². The number of rotatable bonds is 6. The van der Waals surface area contributed by atoms with Gasteiger partial charge in [0.15, 0.2) is 0 Å². The third-order valence-corrected chi connectivity index (χ3v) is 6.35. The SMILES string of the molecule is CC(C)COC(=O)N1CCC(C(=O)NC(c2ccccc2)c2ccc3c(c2)CCCO3)CC1. The Hall–Kier alpha value is -3.02. The van der Waals surface area contributed by atoms with Crippen LogP contribution in [-0.2, 0) is 16.0 Å². The zero-order chi connectivity index (χ0) is 23.2. The average Bonchev–Trinajstić information content (AvgIpc) is 2.86. The molecule has 176 valence electrons. The van der Waals surface area contributed by atoms with Gasteiger partial charge in [0.1, 0.15) is 5.75 Å². The van der Waals surface area contributed by atoms with Gasteiger partial charge in [0, 0.05) is 19.0 Å². The highest BCUT2D eigenvalue weighted by Gasteiger charge is 2.30. The van der Waals surface area contributed by atoms with Gasteiger partial charge in [0.05, 0.1) is 19.3 Å². The molecular formula is C27H34N2O4. The number of ether oxygens (including phenoxy) is 2. The molecule has 0 radical (unpaired) electrons. The van der Waals surface area contributed by atoms with Gasteiger partial charge < -0.3 is 19.7 Å². The van der Waals surface area contributed by atoms with Crippen molar-refractivity contribution in [3.05, 3.63) is 65.2 Å². The van der Waals surface area contributed by atoms with Gasteiger partial charge in [-0.2, -0.15) is 0 Å². The number of nitrogens with one attached hydrogen (secondary N) is 1. The molecule has 2 aliphatic heterocycles. The number of fused-ring (bicyclic) bond motifs is 1. The molecule has 0 spiro atoms. The van der Waals surface area contributed by atoms with Crippen LogP contribution in [-0.4, -0.2) is 43.2 Å². The lowest BCUT2D eigenvalue weighted by molar-refractivity contribution is -0.126. The van der Waals surface area contributed by atoms with Crippen LogP contribution in [0.15, 0.2) is 48.5 Å². The molecule has 2 heterocycles. The van der Waals surface area contributed by atoms with E-state index in [4.69, 9.17) is 9.47 Å². The van der Waals surface area contributed by atoms with E-state index in [0.717, 1.165) is 36.3 Å². The molecule has 1 fully saturated rings. The maximum Gasteiger partial charge on any atom is 0.409 e. The van der Waals surface area contributed by atoms with Crippen molar-refractivity contribution in [1.29, 1.82) is 0 Å². The minimum absolute atomic E-state index is 0.0352. The van der Waals surface area contributed by atoms with Gasteiger partial charge in [-0.3, -0.25) is 4.79 Å². The van der Waals surface area contributed by atoms with E-state index in [9.17, 15) is 9.59 Å². The van der Waals surface area contributed by atoms with Gasteiger partial charge in [-0.1, -0.05) is 50.2 Å². The van der Waals surface area contributed by atoms with Crippen LogP contribution in [0.3, 0.4) is 0 Å². The highest BCUT2D eigenvalue weighted by Crippen LogP contribution is 2.31. The zero-order valence-electron chi connectivity index (χ0n) is 19.6. The molecule has 2 aliphatic rings. The van der Waals surface area contributed by atoms with Crippen molar-refractivity contribution in [3.8, 4) is 5.75 Å². The summed E-state index contributed by atoms with van der Waals surface area (Å²) in [7, 11) is 0. The van der Waals surface area contributed by atoms with Crippen molar-refractivity contribution in [1.82, 2.24) is 10.2 Å². The quantitative estimate of drug-likeness (QED) is 0.691. The second-order valence-electron chi connectivity index (χ2n) is 9.40. The first kappa shape index (κ1) is 23.1. The largest absolute Gasteiger partial charge is 0.493 e. The Morgan fingerprint density at radius 1 is 1.09 bits per heavy atom. The Morgan fingerprint density at radius 2 is 1.85 bits per heavy atom. The van der Waals surface area contributed by atoms with E-state index < -0.39 is 0 Å². The molecular weight excluding hydrogens is 416 g/mol. The number of hydrogen-bond donors (Lipinski definition) is 1. The first-order valence-corrected chi connectivity index (χ1v) is 12.0. The minimum Gasteiger partial charge on any atom is -0.493 e. The van der Waals surface area contributed by atoms with Gasteiger partial charge in [0.2, 0.25) is 5.91 Å². The molecule has 4 rings (SSSR count). The monoisotopic (exact) mass is 450 g/mol. The van der Waals surface area contributed by atoms with Crippen molar-refractivity contribution in [2.45, 2.75) is 45.6 Å². The lowest BCUT2D eigenvalue weighted by atomic mass is 9.92. The Morgan fingerprint density at radius 3 is 2.58 bits per heavy atom. The molecule has 1 atom stereocenters. The topological polar surface area (TPSA) is 67.9 Å². The summed E-state index contributed by atoms with van der Waals surface area (Å²) in [6.45, 7) is 6.30. The van der Waals surface area contributed by atoms with Crippen LogP contribution in [0, 0.1) is 11.8 Å². The fourth-order valence-electron chi connectivity index (χ4n) is 4.48. The highest BCUT2D eigenvalue weighted by atomic mass is 16.6. The van der Waals surface area contributed by atoms with Crippen LogP contribution >= 0.6 is 0 Å². The summed E-state index contributed by atoms with van der Waals surface area (Å²) in [6.07, 6.45) is 3.01. The fraction of sp³-hybridized carbons (Fsp3) is 0.481. The summed E-state index contributed by atoms with van der Waals surface area (Å²) in [5.41, 5.74) is 3.31. The maximum atomic E-state index is 13.3. The molecule has 2 amide bonds. The van der Waals surface area contributed by atoms with E-state index in [1.165, 1.54) is 5.56 Å². The standard InChI is InChI=1S/C27H34N2O4/c1-19(2)18-33-27(31)29-14-12-21(13-15-29)26(30)28-25(20-7-4-3-5-8-20)23-10-11-24-22(17-23)9-6-16-32-24/h3-5,7-8,10-11,17,19,21,25H,6,9,12-16,18H2,1-2H3,(H,28,30). The van der Waals surface area contributed by atoms with Crippen LogP contribution in [0.25, 0.3) is 0 Å². The Kier molecular flexibility index (Phi) is 7.53. The lowest BCUT2D eigenvalue weighted by Crippen LogP contribution is -2.44. The lowest BCUT2D eigenvalue weighted by Gasteiger charge is -2.32. The van der Waals surface area contributed by atoms with Crippen LogP contribution in [0.1, 0.15) is 55.8 Å². The Balaban J connectivity index is 1.43. The summed E-state index contributed by atoms with van der Waals surface area (Å²) < 4.78 is 11.1. The molecule has 1 unspecified atom stereocenters. The van der Waals surface area contributed by atoms with E-state index in [-0.39, 0.29) is 24.0 Å². The average molecular weight is 451 g/mol. The number of carbonyl (C=O) groups excluding carboxylic acids is 2. The van der Waals surface area contributed by atoms with Crippen LogP contribution in [0.2, 0.25) is 0 Å². The number of nitrogens with zero attached hydrogens (tertiary/aromatic N) is 1. The number of likely N-dealkylation sites (tertiary alicyclic amines) is 1. The summed E-state index contributed by atoms with van der Waals surface area (Å²) in [4.78, 5) is 27.2. The summed E-state index contributed by atoms with van der Waals surface area (Å²) in [5, 5.41) is 3.30. The highest BCUT2D eigenvalue weighted by molar-refractivity contribution is 5.80. The Labute approximate surface area is 196 Å². The molecule has 6 heteroatoms. The first-order valence-electron chi connectivity index (χ1n) is 12.0. The van der Waals surface area contributed by atoms with E-state index in [1.54, 1.807) is 4.90 Å². The summed E-state index contributed by atoms with van der Waals surface area (Å²) in [6, 6.07) is 16.1. The summed E-state index contributed by atoms with van der Waals surface area (Å²) >= 11 is 0. The second-order valence-corrected chi connectivity index (χ2v) is 9.40. The van der Waals surface area contributed by atoms with Gasteiger partial charge >= 0.3 is 6.09 Å². The van der Waals surface area contributed by atoms with Gasteiger partial charge in [-0.05, 0) is 60.4 Å². The van der Waals surface area contributed by atoms with E-state index in [1.807, 2.05) is 50.2 Å². The van der Waals surface area contributed by atoms with Crippen molar-refractivity contribution >= 4 is 12.0 Å². The Bertz CT molecular complexity index is 952. The van der Waals surface area contributed by atoms with Crippen molar-refractivity contribution in [2.24, 2.45) is 11.8 Å². The number of piperidine rings is 1. The molecule has 2 aromatic carbocycles. The predicted octanol–water partition coefficient (Wildman–Crippen LogP) is 4.72. The molecule has 0 aliphatic carbocycles. The van der Waals surface area contributed by atoms with Crippen LogP contribution in [0.5, 0.6) is 5.75 Å². The first-order chi connectivity index (χ1) is 16.0. The third-order valence-electron chi connectivity index (χ3n) is 6.35. The number of amides is 2. The molecule has 6 nitrogen and oxygen atoms in total. The molecule has 0 aromatic heterocycles. The van der Waals surface area contributed by atoms with Crippen molar-refractivity contribution in [3.63, 3.8) is 0 Å². The van der Waals surface area contributed by atoms with Crippen LogP contribution < -0.4 is 10.1 Å². The number of carbonyl (C=O) groups is 2. The zero-order valence-corrected chi connectivity index (χ0v) is 19.6. The van der Waals surface area contributed by atoms with Crippen molar-refractivity contribution in [2.75, 3.05) is 26.3 Å². The van der Waals surface area contributed by atoms with Crippen LogP contribution in [0.4, 0.5) is 4.79 Å². The van der Waals surface area contributed by atoms with E-state index in [0.29, 0.717) is 38.5 Å². The molecule has 0 saturated carbocycles. The van der Waals surface area contributed by atoms with Crippen molar-refractivity contribution < 1.29 is 19.1 Å². The molecule has 1 N–H and O–H groups in total. The molecule has 1 saturated heterocycles. The van der Waals surface area contributed by atoms with E-state index in [2.05, 4.69) is 17.4 Å². The number of hydrogen-bond acceptors (Lipinski definition) is 4. The smallest absolute Gasteiger partial charge is 0.409 e. The van der Waals surface area contributed by atoms with Gasteiger partial charge in [-0.15, -0.1) is 0 Å². The van der Waals surface area contributed by atoms with E-state index >= 15 is 0 Å². The molecule has 2 aromatic rings. The predicted molar refractivity (Wildman–Crippen MR) is 127 cm³/mol. The number of benzene rings is 2. The number of aryl methyl sites for hydroxylation is 1. The maximum absolute atomic E-state index is 13.3.